The van der Waals surface area contributed by atoms with Crippen LogP contribution in [0.3, 0.4) is 0 Å². The van der Waals surface area contributed by atoms with Crippen LogP contribution in [0, 0.1) is 11.8 Å². The van der Waals surface area contributed by atoms with Gasteiger partial charge in [0, 0.05) is 0 Å². The normalized spacial score (nSPS) is 14.6. The Hall–Kier alpha value is -1.96. The monoisotopic (exact) mass is 355 g/mol. The third-order valence-electron chi connectivity index (χ3n) is 3.36. The van der Waals surface area contributed by atoms with Crippen molar-refractivity contribution in [2.24, 2.45) is 17.6 Å². The van der Waals surface area contributed by atoms with Crippen LogP contribution in [-0.4, -0.2) is 48.7 Å². The van der Waals surface area contributed by atoms with Crippen molar-refractivity contribution in [3.8, 4) is 0 Å². The van der Waals surface area contributed by atoms with Gasteiger partial charge in [-0.1, -0.05) is 27.7 Å². The van der Waals surface area contributed by atoms with E-state index in [0.29, 0.717) is 12.8 Å². The van der Waals surface area contributed by atoms with Gasteiger partial charge in [-0.15, -0.1) is 0 Å². The first kappa shape index (κ1) is 23.0. The molecule has 0 fully saturated rings. The summed E-state index contributed by atoms with van der Waals surface area (Å²) in [5.74, 6) is -0.987. The minimum Gasteiger partial charge on any atom is -0.345 e. The first-order chi connectivity index (χ1) is 11.6. The van der Waals surface area contributed by atoms with Crippen molar-refractivity contribution >= 4 is 24.0 Å². The molecule has 0 saturated heterocycles. The fraction of sp³-hybridized carbons (Fsp3) is 0.765. The minimum atomic E-state index is -0.768. The molecule has 5 N–H and O–H groups in total. The molecular formula is C17H31N4O4. The molecule has 0 heterocycles. The lowest BCUT2D eigenvalue weighted by molar-refractivity contribution is -0.131. The molecule has 0 rings (SSSR count). The van der Waals surface area contributed by atoms with Crippen molar-refractivity contribution in [2.45, 2.75) is 65.6 Å². The fourth-order valence-corrected chi connectivity index (χ4v) is 2.15. The van der Waals surface area contributed by atoms with Gasteiger partial charge in [0.1, 0.15) is 6.04 Å². The summed E-state index contributed by atoms with van der Waals surface area (Å²) in [6.45, 7) is 8.93. The van der Waals surface area contributed by atoms with Crippen LogP contribution in [0.4, 0.5) is 0 Å². The summed E-state index contributed by atoms with van der Waals surface area (Å²) in [5.41, 5.74) is 5.50. The van der Waals surface area contributed by atoms with Gasteiger partial charge >= 0.3 is 0 Å². The van der Waals surface area contributed by atoms with E-state index in [1.54, 1.807) is 6.29 Å². The van der Waals surface area contributed by atoms with Crippen molar-refractivity contribution < 1.29 is 19.2 Å². The molecule has 25 heavy (non-hydrogen) atoms. The molecule has 0 aromatic heterocycles. The molecule has 0 aliphatic carbocycles. The Kier molecular flexibility index (Phi) is 10.7. The predicted molar refractivity (Wildman–Crippen MR) is 95.1 cm³/mol. The molecule has 3 atom stereocenters. The largest absolute Gasteiger partial charge is 0.345 e. The molecule has 8 nitrogen and oxygen atoms in total. The van der Waals surface area contributed by atoms with Crippen LogP contribution in [0.15, 0.2) is 0 Å². The first-order valence-electron chi connectivity index (χ1n) is 8.57. The molecule has 143 valence electrons. The summed E-state index contributed by atoms with van der Waals surface area (Å²) in [4.78, 5) is 46.7. The van der Waals surface area contributed by atoms with E-state index < -0.39 is 35.8 Å². The topological polar surface area (TPSA) is 130 Å². The Morgan fingerprint density at radius 1 is 0.920 bits per heavy atom. The summed E-state index contributed by atoms with van der Waals surface area (Å²) in [7, 11) is 0. The maximum Gasteiger partial charge on any atom is 0.243 e. The van der Waals surface area contributed by atoms with Crippen LogP contribution in [0.2, 0.25) is 0 Å². The van der Waals surface area contributed by atoms with Crippen molar-refractivity contribution in [3.63, 3.8) is 0 Å². The Balaban J connectivity index is 4.60. The standard InChI is InChI=1S/C17H31N4O4/c1-10(2)6-13(9-22)20-15(23)8-19-17(25)14(7-11(3)4)21-16(24)12(5)18/h10-14H,6-8,18H2,1-5H3,(H,19,25)(H,20,23)(H,21,24)/t12-,13-,14-/m0/s1. The molecule has 0 spiro atoms. The van der Waals surface area contributed by atoms with Crippen LogP contribution >= 0.6 is 0 Å². The van der Waals surface area contributed by atoms with E-state index in [2.05, 4.69) is 16.0 Å². The smallest absolute Gasteiger partial charge is 0.243 e. The zero-order chi connectivity index (χ0) is 19.6. The van der Waals surface area contributed by atoms with Crippen LogP contribution < -0.4 is 21.7 Å². The Labute approximate surface area is 149 Å². The van der Waals surface area contributed by atoms with Crippen LogP contribution in [0.25, 0.3) is 0 Å². The van der Waals surface area contributed by atoms with Crippen molar-refractivity contribution in [1.82, 2.24) is 16.0 Å². The van der Waals surface area contributed by atoms with Crippen LogP contribution in [0.5, 0.6) is 0 Å². The highest BCUT2D eigenvalue weighted by atomic mass is 16.2. The molecule has 0 bridgehead atoms. The molecule has 3 amide bonds. The average Bonchev–Trinajstić information content (AvgIpc) is 2.50. The highest BCUT2D eigenvalue weighted by Crippen LogP contribution is 2.05. The molecular weight excluding hydrogens is 324 g/mol. The Morgan fingerprint density at radius 2 is 1.48 bits per heavy atom. The lowest BCUT2D eigenvalue weighted by Gasteiger charge is -2.21. The number of nitrogens with two attached hydrogens (primary N) is 1. The highest BCUT2D eigenvalue weighted by molar-refractivity contribution is 5.92. The lowest BCUT2D eigenvalue weighted by Crippen LogP contribution is -2.53. The maximum atomic E-state index is 12.3. The van der Waals surface area contributed by atoms with E-state index in [0.717, 1.165) is 0 Å². The number of carbonyl (C=O) groups excluding carboxylic acids is 4. The van der Waals surface area contributed by atoms with Gasteiger partial charge in [-0.2, -0.15) is 0 Å². The number of rotatable bonds is 11. The molecule has 0 aliphatic rings. The molecule has 0 aromatic carbocycles. The van der Waals surface area contributed by atoms with Gasteiger partial charge in [0.2, 0.25) is 24.0 Å². The number of amides is 3. The second-order valence-electron chi connectivity index (χ2n) is 7.06. The summed E-state index contributed by atoms with van der Waals surface area (Å²) < 4.78 is 0. The first-order valence-corrected chi connectivity index (χ1v) is 8.57. The third-order valence-corrected chi connectivity index (χ3v) is 3.36. The zero-order valence-corrected chi connectivity index (χ0v) is 15.7. The van der Waals surface area contributed by atoms with Crippen LogP contribution in [-0.2, 0) is 19.2 Å². The van der Waals surface area contributed by atoms with Crippen molar-refractivity contribution in [2.75, 3.05) is 6.54 Å². The lowest BCUT2D eigenvalue weighted by atomic mass is 10.0. The zero-order valence-electron chi connectivity index (χ0n) is 15.7. The van der Waals surface area contributed by atoms with E-state index >= 15 is 0 Å². The van der Waals surface area contributed by atoms with Gasteiger partial charge < -0.3 is 21.7 Å². The van der Waals surface area contributed by atoms with E-state index in [1.165, 1.54) is 6.92 Å². The predicted octanol–water partition coefficient (Wildman–Crippen LogP) is -0.379. The van der Waals surface area contributed by atoms with Gasteiger partial charge in [-0.3, -0.25) is 19.2 Å². The Morgan fingerprint density at radius 3 is 1.92 bits per heavy atom. The summed E-state index contributed by atoms with van der Waals surface area (Å²) in [6.07, 6.45) is 2.67. The Bertz CT molecular complexity index is 464. The molecule has 0 unspecified atom stereocenters. The molecule has 0 aliphatic heterocycles. The van der Waals surface area contributed by atoms with Gasteiger partial charge in [0.15, 0.2) is 0 Å². The number of hydrogen-bond donors (Lipinski definition) is 4. The summed E-state index contributed by atoms with van der Waals surface area (Å²) in [5, 5.41) is 7.57. The van der Waals surface area contributed by atoms with Crippen molar-refractivity contribution in [1.29, 1.82) is 0 Å². The van der Waals surface area contributed by atoms with E-state index in [-0.39, 0.29) is 18.4 Å². The second-order valence-corrected chi connectivity index (χ2v) is 7.06. The molecule has 1 radical (unpaired) electrons. The fourth-order valence-electron chi connectivity index (χ4n) is 2.15. The van der Waals surface area contributed by atoms with Gasteiger partial charge in [-0.25, -0.2) is 0 Å². The summed E-state index contributed by atoms with van der Waals surface area (Å²) >= 11 is 0. The molecule has 0 saturated carbocycles. The van der Waals surface area contributed by atoms with E-state index in [4.69, 9.17) is 5.73 Å². The SMILES string of the molecule is CC(C)C[C@@H]([C]=O)NC(=O)CNC(=O)[C@H](CC(C)C)NC(=O)[C@H](C)N. The van der Waals surface area contributed by atoms with Gasteiger partial charge in [-0.05, 0) is 31.6 Å². The van der Waals surface area contributed by atoms with Gasteiger partial charge in [0.25, 0.3) is 0 Å². The molecule has 8 heteroatoms. The number of nitrogens with one attached hydrogen (secondary N) is 3. The number of carbonyl (C=O) groups is 3. The second kappa shape index (κ2) is 11.6. The number of hydrogen-bond acceptors (Lipinski definition) is 5. The van der Waals surface area contributed by atoms with Crippen LogP contribution in [0.1, 0.15) is 47.5 Å². The van der Waals surface area contributed by atoms with Gasteiger partial charge in [0.05, 0.1) is 18.6 Å². The highest BCUT2D eigenvalue weighted by Gasteiger charge is 2.24. The van der Waals surface area contributed by atoms with E-state index in [1.807, 2.05) is 27.7 Å². The minimum absolute atomic E-state index is 0.165. The summed E-state index contributed by atoms with van der Waals surface area (Å²) in [6, 6.07) is -2.20. The molecule has 0 aromatic rings. The van der Waals surface area contributed by atoms with Crippen molar-refractivity contribution in [3.05, 3.63) is 0 Å². The quantitative estimate of drug-likeness (QED) is 0.401. The average molecular weight is 355 g/mol. The maximum absolute atomic E-state index is 12.3. The van der Waals surface area contributed by atoms with E-state index in [9.17, 15) is 19.2 Å². The third kappa shape index (κ3) is 10.5.